The van der Waals surface area contributed by atoms with Crippen LogP contribution in [0.15, 0.2) is 48.8 Å². The Labute approximate surface area is 185 Å². The maximum atomic E-state index is 12.9. The number of aromatic amines is 1. The summed E-state index contributed by atoms with van der Waals surface area (Å²) >= 11 is 1.63. The van der Waals surface area contributed by atoms with Gasteiger partial charge in [-0.15, -0.1) is 11.3 Å². The molecule has 1 aliphatic rings. The molecule has 0 spiro atoms. The number of aromatic nitrogens is 3. The van der Waals surface area contributed by atoms with E-state index in [1.807, 2.05) is 35.5 Å². The quantitative estimate of drug-likeness (QED) is 0.504. The molecule has 1 aromatic carbocycles. The summed E-state index contributed by atoms with van der Waals surface area (Å²) in [5, 5.41) is 5.11. The van der Waals surface area contributed by atoms with Crippen LogP contribution in [0.2, 0.25) is 0 Å². The fraction of sp³-hybridized carbons (Fsp3) is 0.348. The molecule has 4 heterocycles. The summed E-state index contributed by atoms with van der Waals surface area (Å²) in [6.45, 7) is 4.19. The number of para-hydroxylation sites is 1. The van der Waals surface area contributed by atoms with Crippen molar-refractivity contribution in [2.75, 3.05) is 25.0 Å². The highest BCUT2D eigenvalue weighted by molar-refractivity contribution is 7.18. The van der Waals surface area contributed by atoms with Gasteiger partial charge in [0, 0.05) is 49.6 Å². The van der Waals surface area contributed by atoms with E-state index in [0.29, 0.717) is 19.0 Å². The van der Waals surface area contributed by atoms with Crippen LogP contribution in [0.3, 0.4) is 0 Å². The highest BCUT2D eigenvalue weighted by Crippen LogP contribution is 2.30. The van der Waals surface area contributed by atoms with Crippen molar-refractivity contribution in [2.45, 2.75) is 25.9 Å². The summed E-state index contributed by atoms with van der Waals surface area (Å²) in [6, 6.07) is 12.4. The maximum absolute atomic E-state index is 12.9. The van der Waals surface area contributed by atoms with Crippen LogP contribution in [0.25, 0.3) is 21.3 Å². The molecule has 0 aliphatic carbocycles. The van der Waals surface area contributed by atoms with Crippen LogP contribution >= 0.6 is 11.3 Å². The van der Waals surface area contributed by atoms with Crippen molar-refractivity contribution >= 4 is 44.3 Å². The summed E-state index contributed by atoms with van der Waals surface area (Å²) in [6.07, 6.45) is 4.73. The number of pyridine rings is 1. The first-order chi connectivity index (χ1) is 15.1. The molecular formula is C23H26N6OS. The number of carbonyl (C=O) groups is 1. The lowest BCUT2D eigenvalue weighted by Gasteiger charge is -2.42. The molecule has 0 bridgehead atoms. The largest absolute Gasteiger partial charge is 0.369 e. The third-order valence-electron chi connectivity index (χ3n) is 6.25. The average molecular weight is 435 g/mol. The fourth-order valence-corrected chi connectivity index (χ4v) is 5.34. The minimum Gasteiger partial charge on any atom is -0.369 e. The van der Waals surface area contributed by atoms with E-state index in [1.54, 1.807) is 11.3 Å². The molecule has 7 nitrogen and oxygen atoms in total. The van der Waals surface area contributed by atoms with Crippen LogP contribution in [-0.2, 0) is 6.54 Å². The van der Waals surface area contributed by atoms with Crippen molar-refractivity contribution in [3.05, 3.63) is 53.8 Å². The molecule has 5 rings (SSSR count). The predicted octanol–water partition coefficient (Wildman–Crippen LogP) is 4.23. The van der Waals surface area contributed by atoms with E-state index in [-0.39, 0.29) is 12.1 Å². The van der Waals surface area contributed by atoms with Crippen LogP contribution < -0.4 is 10.2 Å². The number of fused-ring (bicyclic) bond motifs is 2. The summed E-state index contributed by atoms with van der Waals surface area (Å²) in [5.41, 5.74) is 3.01. The van der Waals surface area contributed by atoms with Crippen LogP contribution in [0.4, 0.5) is 10.5 Å². The SMILES string of the molecule is C[C@@H]1CCN(C(=O)NCc2nc3ccccc3s2)C[C@@H]1N(C)c1ccnc2[nH]ccc12. The number of rotatable bonds is 4. The zero-order valence-electron chi connectivity index (χ0n) is 17.7. The van der Waals surface area contributed by atoms with Crippen molar-refractivity contribution < 1.29 is 4.79 Å². The molecule has 0 unspecified atom stereocenters. The number of amides is 2. The third-order valence-corrected chi connectivity index (χ3v) is 7.29. The lowest BCUT2D eigenvalue weighted by molar-refractivity contribution is 0.161. The van der Waals surface area contributed by atoms with Gasteiger partial charge >= 0.3 is 6.03 Å². The average Bonchev–Trinajstić information content (AvgIpc) is 3.43. The van der Waals surface area contributed by atoms with Crippen LogP contribution in [0.1, 0.15) is 18.4 Å². The Kier molecular flexibility index (Phi) is 5.23. The number of carbonyl (C=O) groups excluding carboxylic acids is 1. The second kappa shape index (κ2) is 8.19. The molecule has 31 heavy (non-hydrogen) atoms. The first kappa shape index (κ1) is 19.8. The molecule has 0 radical (unpaired) electrons. The van der Waals surface area contributed by atoms with Crippen LogP contribution in [-0.4, -0.2) is 52.1 Å². The van der Waals surface area contributed by atoms with Gasteiger partial charge in [-0.25, -0.2) is 14.8 Å². The second-order valence-electron chi connectivity index (χ2n) is 8.19. The number of nitrogens with one attached hydrogen (secondary N) is 2. The van der Waals surface area contributed by atoms with Gasteiger partial charge in [-0.3, -0.25) is 0 Å². The number of anilines is 1. The summed E-state index contributed by atoms with van der Waals surface area (Å²) in [7, 11) is 2.12. The number of urea groups is 1. The maximum Gasteiger partial charge on any atom is 0.317 e. The van der Waals surface area contributed by atoms with Gasteiger partial charge in [0.1, 0.15) is 10.7 Å². The monoisotopic (exact) mass is 434 g/mol. The van der Waals surface area contributed by atoms with E-state index in [9.17, 15) is 4.79 Å². The van der Waals surface area contributed by atoms with Crippen molar-refractivity contribution in [1.82, 2.24) is 25.2 Å². The van der Waals surface area contributed by atoms with Gasteiger partial charge in [-0.1, -0.05) is 19.1 Å². The van der Waals surface area contributed by atoms with Gasteiger partial charge in [-0.2, -0.15) is 0 Å². The van der Waals surface area contributed by atoms with Gasteiger partial charge < -0.3 is 20.1 Å². The van der Waals surface area contributed by atoms with Crippen LogP contribution in [0.5, 0.6) is 0 Å². The minimum absolute atomic E-state index is 0.0222. The first-order valence-corrected chi connectivity index (χ1v) is 11.4. The normalized spacial score (nSPS) is 19.1. The Morgan fingerprint density at radius 2 is 2.19 bits per heavy atom. The minimum atomic E-state index is -0.0222. The van der Waals surface area contributed by atoms with Gasteiger partial charge in [0.25, 0.3) is 0 Å². The second-order valence-corrected chi connectivity index (χ2v) is 9.31. The molecule has 2 atom stereocenters. The Morgan fingerprint density at radius 1 is 1.32 bits per heavy atom. The molecule has 2 N–H and O–H groups in total. The molecule has 3 aromatic heterocycles. The number of likely N-dealkylation sites (N-methyl/N-ethyl adjacent to an activating group) is 1. The molecule has 1 aliphatic heterocycles. The van der Waals surface area contributed by atoms with Crippen LogP contribution in [0, 0.1) is 5.92 Å². The summed E-state index contributed by atoms with van der Waals surface area (Å²) in [4.78, 5) is 29.4. The fourth-order valence-electron chi connectivity index (χ4n) is 4.43. The Hall–Kier alpha value is -3.13. The van der Waals surface area contributed by atoms with E-state index in [1.165, 1.54) is 0 Å². The van der Waals surface area contributed by atoms with Gasteiger partial charge in [0.2, 0.25) is 0 Å². The smallest absolute Gasteiger partial charge is 0.317 e. The standard InChI is InChI=1S/C23H26N6OS/c1-15-9-12-29(23(30)26-13-21-27-17-5-3-4-6-20(17)31-21)14-19(15)28(2)18-8-11-25-22-16(18)7-10-24-22/h3-8,10-11,15,19H,9,12-14H2,1-2H3,(H,24,25)(H,26,30)/t15-,19+/m1/s1. The topological polar surface area (TPSA) is 77.2 Å². The molecule has 1 saturated heterocycles. The van der Waals surface area contributed by atoms with Crippen molar-refractivity contribution in [2.24, 2.45) is 5.92 Å². The zero-order chi connectivity index (χ0) is 21.4. The molecule has 4 aromatic rings. The Bertz CT molecular complexity index is 1180. The van der Waals surface area contributed by atoms with Crippen molar-refractivity contribution in [1.29, 1.82) is 0 Å². The van der Waals surface area contributed by atoms with E-state index >= 15 is 0 Å². The van der Waals surface area contributed by atoms with Gasteiger partial charge in [-0.05, 0) is 36.6 Å². The lowest BCUT2D eigenvalue weighted by Crippen LogP contribution is -2.54. The summed E-state index contributed by atoms with van der Waals surface area (Å²) in [5.74, 6) is 0.487. The van der Waals surface area contributed by atoms with Gasteiger partial charge in [0.15, 0.2) is 0 Å². The number of benzene rings is 1. The van der Waals surface area contributed by atoms with E-state index in [4.69, 9.17) is 0 Å². The number of likely N-dealkylation sites (tertiary alicyclic amines) is 1. The number of hydrogen-bond acceptors (Lipinski definition) is 5. The van der Waals surface area contributed by atoms with Gasteiger partial charge in [0.05, 0.1) is 16.8 Å². The Balaban J connectivity index is 1.27. The van der Waals surface area contributed by atoms with E-state index in [0.717, 1.165) is 44.9 Å². The molecule has 2 amide bonds. The molecule has 8 heteroatoms. The van der Waals surface area contributed by atoms with Crippen molar-refractivity contribution in [3.8, 4) is 0 Å². The zero-order valence-corrected chi connectivity index (χ0v) is 18.5. The highest BCUT2D eigenvalue weighted by Gasteiger charge is 2.32. The molecule has 1 fully saturated rings. The third kappa shape index (κ3) is 3.83. The van der Waals surface area contributed by atoms with E-state index < -0.39 is 0 Å². The van der Waals surface area contributed by atoms with E-state index in [2.05, 4.69) is 57.3 Å². The highest BCUT2D eigenvalue weighted by atomic mass is 32.1. The number of H-pyrrole nitrogens is 1. The molecular weight excluding hydrogens is 408 g/mol. The summed E-state index contributed by atoms with van der Waals surface area (Å²) < 4.78 is 1.15. The number of piperidine rings is 1. The molecule has 160 valence electrons. The molecule has 0 saturated carbocycles. The number of hydrogen-bond donors (Lipinski definition) is 2. The number of nitrogens with zero attached hydrogens (tertiary/aromatic N) is 4. The van der Waals surface area contributed by atoms with Crippen molar-refractivity contribution in [3.63, 3.8) is 0 Å². The first-order valence-electron chi connectivity index (χ1n) is 10.6. The number of thiazole rings is 1. The Morgan fingerprint density at radius 3 is 3.06 bits per heavy atom. The lowest BCUT2D eigenvalue weighted by atomic mass is 9.92. The predicted molar refractivity (Wildman–Crippen MR) is 125 cm³/mol.